The second kappa shape index (κ2) is 10.3. The molecule has 0 aliphatic carbocycles. The number of primary amides is 1. The van der Waals surface area contributed by atoms with E-state index in [1.165, 1.54) is 17.1 Å². The number of nitrogens with one attached hydrogen (secondary N) is 1. The molecule has 0 unspecified atom stereocenters. The second-order valence-electron chi connectivity index (χ2n) is 7.56. The summed E-state index contributed by atoms with van der Waals surface area (Å²) in [6.07, 6.45) is 0. The minimum atomic E-state index is -0.483. The van der Waals surface area contributed by atoms with Crippen molar-refractivity contribution in [2.24, 2.45) is 5.73 Å². The molecule has 0 spiro atoms. The Morgan fingerprint density at radius 1 is 0.906 bits per heavy atom. The molecule has 32 heavy (non-hydrogen) atoms. The summed E-state index contributed by atoms with van der Waals surface area (Å²) in [7, 11) is 0. The van der Waals surface area contributed by atoms with E-state index in [9.17, 15) is 9.59 Å². The zero-order valence-electron chi connectivity index (χ0n) is 17.6. The first kappa shape index (κ1) is 21.9. The van der Waals surface area contributed by atoms with Crippen molar-refractivity contribution < 1.29 is 14.3 Å². The topological polar surface area (TPSA) is 84.7 Å². The third-order valence-electron chi connectivity index (χ3n) is 5.19. The van der Waals surface area contributed by atoms with Gasteiger partial charge in [-0.3, -0.25) is 14.5 Å². The Bertz CT molecular complexity index is 1080. The van der Waals surface area contributed by atoms with Gasteiger partial charge in [-0.2, -0.15) is 11.8 Å². The second-order valence-corrected chi connectivity index (χ2v) is 8.78. The van der Waals surface area contributed by atoms with Crippen LogP contribution in [0.1, 0.15) is 26.3 Å². The lowest BCUT2D eigenvalue weighted by atomic mass is 10.1. The molecule has 1 aliphatic rings. The molecular weight excluding hydrogens is 422 g/mol. The molecule has 1 heterocycles. The standard InChI is InChI=1S/C25H25N3O3S/c26-24(29)19-4-8-22(9-5-19)31-23-10-6-20(7-11-23)25(30)27-21-3-1-2-18(16-21)17-28-12-14-32-15-13-28/h1-11,16H,12-15,17H2,(H2,26,29)(H,27,30). The summed E-state index contributed by atoms with van der Waals surface area (Å²) >= 11 is 2.00. The molecule has 3 N–H and O–H groups in total. The number of nitrogens with two attached hydrogens (primary N) is 1. The lowest BCUT2D eigenvalue weighted by Gasteiger charge is -2.26. The first-order valence-electron chi connectivity index (χ1n) is 10.4. The van der Waals surface area contributed by atoms with Crippen LogP contribution >= 0.6 is 11.8 Å². The molecule has 4 rings (SSSR count). The highest BCUT2D eigenvalue weighted by Gasteiger charge is 2.12. The molecule has 0 radical (unpaired) electrons. The molecule has 2 amide bonds. The van der Waals surface area contributed by atoms with Gasteiger partial charge in [0.2, 0.25) is 5.91 Å². The Kier molecular flexibility index (Phi) is 7.09. The fourth-order valence-electron chi connectivity index (χ4n) is 3.47. The summed E-state index contributed by atoms with van der Waals surface area (Å²) < 4.78 is 5.76. The molecule has 3 aromatic rings. The van der Waals surface area contributed by atoms with Gasteiger partial charge in [-0.25, -0.2) is 0 Å². The van der Waals surface area contributed by atoms with Gasteiger partial charge in [0.1, 0.15) is 11.5 Å². The number of carbonyl (C=O) groups excluding carboxylic acids is 2. The van der Waals surface area contributed by atoms with E-state index in [4.69, 9.17) is 10.5 Å². The zero-order valence-corrected chi connectivity index (χ0v) is 18.4. The van der Waals surface area contributed by atoms with E-state index >= 15 is 0 Å². The summed E-state index contributed by atoms with van der Waals surface area (Å²) in [6, 6.07) is 21.5. The first-order valence-corrected chi connectivity index (χ1v) is 11.6. The number of hydrogen-bond acceptors (Lipinski definition) is 5. The summed E-state index contributed by atoms with van der Waals surface area (Å²) in [4.78, 5) is 26.3. The molecule has 6 nitrogen and oxygen atoms in total. The number of amides is 2. The van der Waals surface area contributed by atoms with Crippen molar-refractivity contribution in [3.8, 4) is 11.5 Å². The highest BCUT2D eigenvalue weighted by Crippen LogP contribution is 2.23. The summed E-state index contributed by atoms with van der Waals surface area (Å²) in [5.74, 6) is 2.87. The summed E-state index contributed by atoms with van der Waals surface area (Å²) in [5, 5.41) is 2.98. The Labute approximate surface area is 191 Å². The van der Waals surface area contributed by atoms with Gasteiger partial charge in [-0.15, -0.1) is 0 Å². The number of ether oxygens (including phenoxy) is 1. The van der Waals surface area contributed by atoms with Crippen LogP contribution in [0.4, 0.5) is 5.69 Å². The molecule has 0 aromatic heterocycles. The average Bonchev–Trinajstić information content (AvgIpc) is 2.81. The van der Waals surface area contributed by atoms with Gasteiger partial charge in [0, 0.05) is 48.0 Å². The lowest BCUT2D eigenvalue weighted by Crippen LogP contribution is -2.31. The molecule has 1 aliphatic heterocycles. The van der Waals surface area contributed by atoms with Crippen LogP contribution in [0.5, 0.6) is 11.5 Å². The number of hydrogen-bond donors (Lipinski definition) is 2. The van der Waals surface area contributed by atoms with Crippen molar-refractivity contribution in [3.05, 3.63) is 89.5 Å². The highest BCUT2D eigenvalue weighted by molar-refractivity contribution is 7.99. The third-order valence-corrected chi connectivity index (χ3v) is 6.13. The monoisotopic (exact) mass is 447 g/mol. The van der Waals surface area contributed by atoms with E-state index in [-0.39, 0.29) is 5.91 Å². The van der Waals surface area contributed by atoms with Crippen molar-refractivity contribution in [2.45, 2.75) is 6.54 Å². The fraction of sp³-hybridized carbons (Fsp3) is 0.200. The molecule has 0 atom stereocenters. The Hall–Kier alpha value is -3.29. The minimum absolute atomic E-state index is 0.172. The number of anilines is 1. The van der Waals surface area contributed by atoms with Crippen molar-refractivity contribution in [1.82, 2.24) is 4.90 Å². The van der Waals surface area contributed by atoms with Crippen LogP contribution in [0.15, 0.2) is 72.8 Å². The van der Waals surface area contributed by atoms with E-state index in [1.807, 2.05) is 30.0 Å². The van der Waals surface area contributed by atoms with E-state index < -0.39 is 5.91 Å². The number of rotatable bonds is 7. The number of benzene rings is 3. The summed E-state index contributed by atoms with van der Waals surface area (Å²) in [5.41, 5.74) is 8.19. The van der Waals surface area contributed by atoms with Gasteiger partial charge in [-0.1, -0.05) is 12.1 Å². The molecular formula is C25H25N3O3S. The van der Waals surface area contributed by atoms with Crippen LogP contribution in [0.3, 0.4) is 0 Å². The third kappa shape index (κ3) is 5.90. The van der Waals surface area contributed by atoms with Crippen LogP contribution in [-0.4, -0.2) is 41.3 Å². The first-order chi connectivity index (χ1) is 15.6. The van der Waals surface area contributed by atoms with Gasteiger partial charge in [-0.05, 0) is 66.2 Å². The smallest absolute Gasteiger partial charge is 0.255 e. The Morgan fingerprint density at radius 3 is 2.16 bits per heavy atom. The van der Waals surface area contributed by atoms with Crippen LogP contribution in [0.2, 0.25) is 0 Å². The number of nitrogens with zero attached hydrogens (tertiary/aromatic N) is 1. The van der Waals surface area contributed by atoms with Crippen molar-refractivity contribution in [1.29, 1.82) is 0 Å². The molecule has 0 bridgehead atoms. The molecule has 0 saturated carbocycles. The predicted molar refractivity (Wildman–Crippen MR) is 128 cm³/mol. The van der Waals surface area contributed by atoms with Gasteiger partial charge >= 0.3 is 0 Å². The highest BCUT2D eigenvalue weighted by atomic mass is 32.2. The Morgan fingerprint density at radius 2 is 1.53 bits per heavy atom. The summed E-state index contributed by atoms with van der Waals surface area (Å²) in [6.45, 7) is 3.10. The minimum Gasteiger partial charge on any atom is -0.457 e. The average molecular weight is 448 g/mol. The number of carbonyl (C=O) groups is 2. The van der Waals surface area contributed by atoms with E-state index in [1.54, 1.807) is 48.5 Å². The van der Waals surface area contributed by atoms with Gasteiger partial charge in [0.15, 0.2) is 0 Å². The molecule has 7 heteroatoms. The maximum Gasteiger partial charge on any atom is 0.255 e. The predicted octanol–water partition coefficient (Wildman–Crippen LogP) is 4.38. The van der Waals surface area contributed by atoms with Crippen LogP contribution in [0.25, 0.3) is 0 Å². The number of thioether (sulfide) groups is 1. The lowest BCUT2D eigenvalue weighted by molar-refractivity contribution is 0.0997. The van der Waals surface area contributed by atoms with E-state index in [0.717, 1.165) is 25.3 Å². The maximum atomic E-state index is 12.7. The van der Waals surface area contributed by atoms with Crippen LogP contribution < -0.4 is 15.8 Å². The quantitative estimate of drug-likeness (QED) is 0.562. The largest absolute Gasteiger partial charge is 0.457 e. The van der Waals surface area contributed by atoms with E-state index in [0.29, 0.717) is 22.6 Å². The van der Waals surface area contributed by atoms with Crippen molar-refractivity contribution in [2.75, 3.05) is 29.9 Å². The fourth-order valence-corrected chi connectivity index (χ4v) is 4.44. The van der Waals surface area contributed by atoms with Gasteiger partial charge in [0.05, 0.1) is 0 Å². The van der Waals surface area contributed by atoms with Gasteiger partial charge < -0.3 is 15.8 Å². The normalized spacial score (nSPS) is 14.0. The molecule has 1 fully saturated rings. The van der Waals surface area contributed by atoms with Crippen molar-refractivity contribution in [3.63, 3.8) is 0 Å². The zero-order chi connectivity index (χ0) is 22.3. The van der Waals surface area contributed by atoms with Crippen LogP contribution in [-0.2, 0) is 6.54 Å². The van der Waals surface area contributed by atoms with Crippen molar-refractivity contribution >= 4 is 29.3 Å². The van der Waals surface area contributed by atoms with Gasteiger partial charge in [0.25, 0.3) is 5.91 Å². The van der Waals surface area contributed by atoms with E-state index in [2.05, 4.69) is 16.3 Å². The molecule has 1 saturated heterocycles. The van der Waals surface area contributed by atoms with Crippen LogP contribution in [0, 0.1) is 0 Å². The molecule has 3 aromatic carbocycles. The Balaban J connectivity index is 1.35. The SMILES string of the molecule is NC(=O)c1ccc(Oc2ccc(C(=O)Nc3cccc(CN4CCSCC4)c3)cc2)cc1. The molecule has 164 valence electrons. The maximum absolute atomic E-state index is 12.7.